The molecule has 0 fully saturated rings. The van der Waals surface area contributed by atoms with E-state index in [0.717, 1.165) is 10.9 Å². The Morgan fingerprint density at radius 1 is 1.48 bits per heavy atom. The number of carbonyl (C=O) groups excluding carboxylic acids is 1. The molecule has 3 N–H and O–H groups in total. The molecule has 0 saturated heterocycles. The maximum atomic E-state index is 12.7. The van der Waals surface area contributed by atoms with Crippen molar-refractivity contribution in [1.82, 2.24) is 9.88 Å². The maximum absolute atomic E-state index is 12.7. The Morgan fingerprint density at radius 2 is 2.24 bits per heavy atom. The fraction of sp³-hybridized carbons (Fsp3) is 0.375. The SMILES string of the molecule is CC(C)CN(CCC#N)C(=O)c1c[nH]c2cc(N)ccc12. The number of nitrogens with zero attached hydrogens (tertiary/aromatic N) is 2. The van der Waals surface area contributed by atoms with Gasteiger partial charge in [0.2, 0.25) is 0 Å². The summed E-state index contributed by atoms with van der Waals surface area (Å²) in [7, 11) is 0. The van der Waals surface area contributed by atoms with Gasteiger partial charge in [0.25, 0.3) is 5.91 Å². The topological polar surface area (TPSA) is 85.9 Å². The number of amides is 1. The van der Waals surface area contributed by atoms with Gasteiger partial charge in [0.1, 0.15) is 0 Å². The fourth-order valence-corrected chi connectivity index (χ4v) is 2.39. The number of nitriles is 1. The Morgan fingerprint density at radius 3 is 2.90 bits per heavy atom. The van der Waals surface area contributed by atoms with Crippen molar-refractivity contribution in [3.8, 4) is 6.07 Å². The van der Waals surface area contributed by atoms with Crippen molar-refractivity contribution in [2.24, 2.45) is 5.92 Å². The van der Waals surface area contributed by atoms with Crippen molar-refractivity contribution in [1.29, 1.82) is 5.26 Å². The number of aromatic nitrogens is 1. The van der Waals surface area contributed by atoms with Crippen LogP contribution >= 0.6 is 0 Å². The summed E-state index contributed by atoms with van der Waals surface area (Å²) in [6.07, 6.45) is 2.06. The predicted molar refractivity (Wildman–Crippen MR) is 83.7 cm³/mol. The van der Waals surface area contributed by atoms with E-state index in [0.29, 0.717) is 36.7 Å². The first-order chi connectivity index (χ1) is 10.0. The van der Waals surface area contributed by atoms with Crippen LogP contribution in [0.1, 0.15) is 30.6 Å². The van der Waals surface area contributed by atoms with E-state index < -0.39 is 0 Å². The smallest absolute Gasteiger partial charge is 0.256 e. The molecule has 1 aromatic carbocycles. The Balaban J connectivity index is 2.31. The number of carbonyl (C=O) groups is 1. The van der Waals surface area contributed by atoms with Crippen molar-refractivity contribution < 1.29 is 4.79 Å². The number of benzene rings is 1. The molecule has 0 saturated carbocycles. The minimum Gasteiger partial charge on any atom is -0.399 e. The number of hydrogen-bond acceptors (Lipinski definition) is 3. The molecule has 0 aliphatic rings. The largest absolute Gasteiger partial charge is 0.399 e. The van der Waals surface area contributed by atoms with Crippen LogP contribution in [-0.2, 0) is 0 Å². The lowest BCUT2D eigenvalue weighted by Gasteiger charge is -2.23. The van der Waals surface area contributed by atoms with E-state index in [9.17, 15) is 4.79 Å². The van der Waals surface area contributed by atoms with Crippen LogP contribution in [0.3, 0.4) is 0 Å². The van der Waals surface area contributed by atoms with Gasteiger partial charge in [-0.3, -0.25) is 4.79 Å². The van der Waals surface area contributed by atoms with Gasteiger partial charge in [0, 0.05) is 35.9 Å². The molecule has 0 unspecified atom stereocenters. The lowest BCUT2D eigenvalue weighted by atomic mass is 10.1. The highest BCUT2D eigenvalue weighted by molar-refractivity contribution is 6.07. The first-order valence-electron chi connectivity index (χ1n) is 7.05. The minimum atomic E-state index is -0.0463. The van der Waals surface area contributed by atoms with Crippen LogP contribution < -0.4 is 5.73 Å². The van der Waals surface area contributed by atoms with Gasteiger partial charge in [0.05, 0.1) is 18.1 Å². The number of nitrogens with one attached hydrogen (secondary N) is 1. The van der Waals surface area contributed by atoms with Crippen molar-refractivity contribution in [2.45, 2.75) is 20.3 Å². The molecule has 0 aliphatic heterocycles. The van der Waals surface area contributed by atoms with Crippen LogP contribution in [0, 0.1) is 17.2 Å². The van der Waals surface area contributed by atoms with Crippen molar-refractivity contribution in [3.63, 3.8) is 0 Å². The third-order valence-corrected chi connectivity index (χ3v) is 3.30. The average Bonchev–Trinajstić information content (AvgIpc) is 2.85. The third kappa shape index (κ3) is 3.34. The molecule has 21 heavy (non-hydrogen) atoms. The summed E-state index contributed by atoms with van der Waals surface area (Å²) in [5.41, 5.74) is 7.89. The van der Waals surface area contributed by atoms with Gasteiger partial charge in [-0.1, -0.05) is 13.8 Å². The molecule has 1 aromatic heterocycles. The van der Waals surface area contributed by atoms with Crippen molar-refractivity contribution in [2.75, 3.05) is 18.8 Å². The Labute approximate surface area is 124 Å². The van der Waals surface area contributed by atoms with Crippen LogP contribution in [0.4, 0.5) is 5.69 Å². The van der Waals surface area contributed by atoms with Crippen LogP contribution in [0.15, 0.2) is 24.4 Å². The van der Waals surface area contributed by atoms with Gasteiger partial charge in [0.15, 0.2) is 0 Å². The molecule has 110 valence electrons. The average molecular weight is 284 g/mol. The zero-order chi connectivity index (χ0) is 15.4. The van der Waals surface area contributed by atoms with Crippen LogP contribution in [0.5, 0.6) is 0 Å². The highest BCUT2D eigenvalue weighted by Gasteiger charge is 2.19. The maximum Gasteiger partial charge on any atom is 0.256 e. The summed E-state index contributed by atoms with van der Waals surface area (Å²) in [5.74, 6) is 0.309. The van der Waals surface area contributed by atoms with Crippen molar-refractivity contribution in [3.05, 3.63) is 30.0 Å². The number of fused-ring (bicyclic) bond motifs is 1. The number of anilines is 1. The number of aromatic amines is 1. The number of H-pyrrole nitrogens is 1. The van der Waals surface area contributed by atoms with Gasteiger partial charge >= 0.3 is 0 Å². The van der Waals surface area contributed by atoms with Crippen LogP contribution in [0.2, 0.25) is 0 Å². The molecule has 2 rings (SSSR count). The third-order valence-electron chi connectivity index (χ3n) is 3.30. The van der Waals surface area contributed by atoms with E-state index in [-0.39, 0.29) is 5.91 Å². The minimum absolute atomic E-state index is 0.0463. The molecule has 0 atom stereocenters. The highest BCUT2D eigenvalue weighted by Crippen LogP contribution is 2.22. The quantitative estimate of drug-likeness (QED) is 0.828. The lowest BCUT2D eigenvalue weighted by Crippen LogP contribution is -2.34. The van der Waals surface area contributed by atoms with Gasteiger partial charge in [-0.2, -0.15) is 5.26 Å². The standard InChI is InChI=1S/C16H20N4O/c1-11(2)10-20(7-3-6-17)16(21)14-9-19-15-8-12(18)4-5-13(14)15/h4-5,8-9,11,19H,3,7,10,18H2,1-2H3. The second-order valence-corrected chi connectivity index (χ2v) is 5.56. The van der Waals surface area contributed by atoms with Crippen LogP contribution in [0.25, 0.3) is 10.9 Å². The van der Waals surface area contributed by atoms with E-state index in [2.05, 4.69) is 24.9 Å². The second kappa shape index (κ2) is 6.31. The zero-order valence-electron chi connectivity index (χ0n) is 12.4. The van der Waals surface area contributed by atoms with E-state index in [1.165, 1.54) is 0 Å². The van der Waals surface area contributed by atoms with Gasteiger partial charge < -0.3 is 15.6 Å². The molecule has 1 amide bonds. The second-order valence-electron chi connectivity index (χ2n) is 5.56. The molecule has 0 aliphatic carbocycles. The summed E-state index contributed by atoms with van der Waals surface area (Å²) in [5, 5.41) is 9.62. The first kappa shape index (κ1) is 14.9. The van der Waals surface area contributed by atoms with E-state index in [1.807, 2.05) is 12.1 Å². The van der Waals surface area contributed by atoms with E-state index >= 15 is 0 Å². The number of nitrogens with two attached hydrogens (primary N) is 1. The lowest BCUT2D eigenvalue weighted by molar-refractivity contribution is 0.0742. The summed E-state index contributed by atoms with van der Waals surface area (Å²) in [4.78, 5) is 17.5. The monoisotopic (exact) mass is 284 g/mol. The summed E-state index contributed by atoms with van der Waals surface area (Å²) < 4.78 is 0. The van der Waals surface area contributed by atoms with E-state index in [4.69, 9.17) is 11.0 Å². The Bertz CT molecular complexity index is 681. The zero-order valence-corrected chi connectivity index (χ0v) is 12.4. The summed E-state index contributed by atoms with van der Waals surface area (Å²) in [6.45, 7) is 5.21. The fourth-order valence-electron chi connectivity index (χ4n) is 2.39. The van der Waals surface area contributed by atoms with Gasteiger partial charge in [-0.15, -0.1) is 0 Å². The highest BCUT2D eigenvalue weighted by atomic mass is 16.2. The first-order valence-corrected chi connectivity index (χ1v) is 7.05. The van der Waals surface area contributed by atoms with Gasteiger partial charge in [-0.25, -0.2) is 0 Å². The predicted octanol–water partition coefficient (Wildman–Crippen LogP) is 2.76. The molecule has 5 nitrogen and oxygen atoms in total. The number of nitrogen functional groups attached to an aromatic ring is 1. The van der Waals surface area contributed by atoms with Crippen molar-refractivity contribution >= 4 is 22.5 Å². The Kier molecular flexibility index (Phi) is 4.49. The molecular formula is C16H20N4O. The molecule has 2 aromatic rings. The molecule has 1 heterocycles. The summed E-state index contributed by atoms with van der Waals surface area (Å²) >= 11 is 0. The normalized spacial score (nSPS) is 10.8. The molecular weight excluding hydrogens is 264 g/mol. The molecule has 0 spiro atoms. The molecule has 0 radical (unpaired) electrons. The molecule has 0 bridgehead atoms. The Hall–Kier alpha value is -2.48. The van der Waals surface area contributed by atoms with Crippen LogP contribution in [-0.4, -0.2) is 28.9 Å². The number of rotatable bonds is 5. The van der Waals surface area contributed by atoms with E-state index in [1.54, 1.807) is 17.2 Å². The molecule has 5 heteroatoms. The summed E-state index contributed by atoms with van der Waals surface area (Å²) in [6, 6.07) is 7.55. The van der Waals surface area contributed by atoms with Gasteiger partial charge in [-0.05, 0) is 24.1 Å². The number of hydrogen-bond donors (Lipinski definition) is 2.